The first-order valence-electron chi connectivity index (χ1n) is 20.3. The Morgan fingerprint density at radius 1 is 0.719 bits per heavy atom. The van der Waals surface area contributed by atoms with E-state index < -0.39 is 12.0 Å². The number of aliphatic carboxylic acids is 1. The fourth-order valence-electron chi connectivity index (χ4n) is 6.95. The van der Waals surface area contributed by atoms with Crippen LogP contribution in [0.4, 0.5) is 0 Å². The van der Waals surface area contributed by atoms with Crippen molar-refractivity contribution in [2.24, 2.45) is 4.99 Å². The molecule has 0 aliphatic carbocycles. The van der Waals surface area contributed by atoms with E-state index in [9.17, 15) is 20.1 Å². The Bertz CT molecular complexity index is 2620. The molecule has 5 N–H and O–H groups in total. The monoisotopic (exact) mass is 905 g/mol. The van der Waals surface area contributed by atoms with E-state index in [1.807, 2.05) is 44.2 Å². The second-order valence-electron chi connectivity index (χ2n) is 14.8. The molecule has 0 aliphatic heterocycles. The zero-order valence-corrected chi connectivity index (χ0v) is 37.1. The average molecular weight is 907 g/mol. The Labute approximate surface area is 381 Å². The minimum absolute atomic E-state index is 0.0240. The van der Waals surface area contributed by atoms with Gasteiger partial charge in [-0.25, -0.2) is 0 Å². The molecule has 2 aromatic heterocycles. The molecule has 4 aromatic carbocycles. The summed E-state index contributed by atoms with van der Waals surface area (Å²) in [6.45, 7) is 4.36. The number of rotatable bonds is 22. The number of hydrogen-bond acceptors (Lipinski definition) is 12. The van der Waals surface area contributed by atoms with Crippen LogP contribution in [0.25, 0.3) is 11.1 Å². The highest BCUT2D eigenvalue weighted by Crippen LogP contribution is 2.37. The number of aliphatic hydroxyl groups excluding tert-OH is 2. The van der Waals surface area contributed by atoms with Gasteiger partial charge in [-0.05, 0) is 77.9 Å². The molecule has 0 unspecified atom stereocenters. The number of halogens is 2. The molecule has 332 valence electrons. The number of aromatic nitrogens is 2. The van der Waals surface area contributed by atoms with Gasteiger partial charge >= 0.3 is 5.97 Å². The van der Waals surface area contributed by atoms with Crippen LogP contribution in [-0.2, 0) is 44.4 Å². The minimum atomic E-state index is -1.09. The Morgan fingerprint density at radius 2 is 1.23 bits per heavy atom. The van der Waals surface area contributed by atoms with Crippen LogP contribution in [0.15, 0.2) is 103 Å². The Balaban J connectivity index is 1.18. The van der Waals surface area contributed by atoms with E-state index in [2.05, 4.69) is 32.4 Å². The molecular weight excluding hydrogens is 857 g/mol. The third-order valence-electron chi connectivity index (χ3n) is 10.5. The molecule has 0 saturated heterocycles. The quantitative estimate of drug-likeness (QED) is 0.0410. The molecule has 15 heteroatoms. The number of nitrogens with zero attached hydrogens (tertiary/aromatic N) is 3. The minimum Gasteiger partial charge on any atom is -0.488 e. The van der Waals surface area contributed by atoms with Crippen molar-refractivity contribution in [3.05, 3.63) is 163 Å². The maximum atomic E-state index is 11.8. The SMILES string of the molecule is CN=Cc1cncc(COc2cc(OCc3cccc(-c4cccc(COc5cc(OCc6cncc(C=N)c6)c(CN[C@H](CCO)C(=O)O)cc5Cl)c4C)c3C)c(Cl)cc2CO)c1. The predicted octanol–water partition coefficient (Wildman–Crippen LogP) is 8.85. The van der Waals surface area contributed by atoms with E-state index in [1.54, 1.807) is 68.4 Å². The van der Waals surface area contributed by atoms with Crippen LogP contribution in [0, 0.1) is 19.3 Å². The summed E-state index contributed by atoms with van der Waals surface area (Å²) in [6.07, 6.45) is 9.58. The van der Waals surface area contributed by atoms with Crippen molar-refractivity contribution in [2.45, 2.75) is 65.9 Å². The lowest BCUT2D eigenvalue weighted by Gasteiger charge is -2.19. The van der Waals surface area contributed by atoms with Crippen molar-refractivity contribution < 1.29 is 39.1 Å². The summed E-state index contributed by atoms with van der Waals surface area (Å²) in [4.78, 5) is 24.3. The van der Waals surface area contributed by atoms with E-state index in [4.69, 9.17) is 47.6 Å². The maximum absolute atomic E-state index is 11.8. The molecule has 64 heavy (non-hydrogen) atoms. The lowest BCUT2D eigenvalue weighted by atomic mass is 9.92. The second-order valence-corrected chi connectivity index (χ2v) is 15.7. The van der Waals surface area contributed by atoms with Crippen LogP contribution in [-0.4, -0.2) is 63.4 Å². The molecule has 6 rings (SSSR count). The lowest BCUT2D eigenvalue weighted by Crippen LogP contribution is -2.37. The van der Waals surface area contributed by atoms with E-state index >= 15 is 0 Å². The normalized spacial score (nSPS) is 11.7. The molecule has 0 saturated carbocycles. The fourth-order valence-corrected chi connectivity index (χ4v) is 7.43. The fraction of sp³-hybridized carbons (Fsp3) is 0.245. The van der Waals surface area contributed by atoms with Crippen LogP contribution < -0.4 is 24.3 Å². The van der Waals surface area contributed by atoms with Gasteiger partial charge in [-0.15, -0.1) is 0 Å². The van der Waals surface area contributed by atoms with Crippen LogP contribution in [0.5, 0.6) is 23.0 Å². The van der Waals surface area contributed by atoms with Crippen molar-refractivity contribution in [2.75, 3.05) is 13.7 Å². The van der Waals surface area contributed by atoms with Gasteiger partial charge in [-0.3, -0.25) is 19.8 Å². The number of hydrogen-bond donors (Lipinski definition) is 5. The maximum Gasteiger partial charge on any atom is 0.320 e. The highest BCUT2D eigenvalue weighted by molar-refractivity contribution is 6.32. The first-order valence-corrected chi connectivity index (χ1v) is 21.1. The van der Waals surface area contributed by atoms with Crippen LogP contribution in [0.3, 0.4) is 0 Å². The molecule has 6 aromatic rings. The van der Waals surface area contributed by atoms with Crippen molar-refractivity contribution in [3.63, 3.8) is 0 Å². The van der Waals surface area contributed by atoms with Crippen LogP contribution in [0.1, 0.15) is 62.1 Å². The summed E-state index contributed by atoms with van der Waals surface area (Å²) >= 11 is 13.4. The molecule has 0 bridgehead atoms. The highest BCUT2D eigenvalue weighted by atomic mass is 35.5. The van der Waals surface area contributed by atoms with Gasteiger partial charge in [0.1, 0.15) is 55.5 Å². The zero-order valence-electron chi connectivity index (χ0n) is 35.6. The van der Waals surface area contributed by atoms with Gasteiger partial charge < -0.3 is 45.0 Å². The molecule has 1 atom stereocenters. The molecule has 13 nitrogen and oxygen atoms in total. The Morgan fingerprint density at radius 3 is 1.75 bits per heavy atom. The number of carboxylic acids is 1. The summed E-state index contributed by atoms with van der Waals surface area (Å²) in [5, 5.41) is 40.3. The molecular formula is C49H49Cl2N5O8. The molecule has 0 spiro atoms. The Hall–Kier alpha value is -6.35. The summed E-state index contributed by atoms with van der Waals surface area (Å²) in [5.41, 5.74) is 10.1. The number of aliphatic imine (C=N–C) groups is 1. The largest absolute Gasteiger partial charge is 0.488 e. The lowest BCUT2D eigenvalue weighted by molar-refractivity contribution is -0.140. The standard InChI is InChI=1S/C49H49Cl2N5O8/c1-30-36(28-63-47-16-45(61-26-34-12-32(18-52)20-54-22-34)38(14-42(47)50)24-56-44(10-11-57)49(59)60)6-4-8-40(30)41-9-5-7-37(31(41)2)29-64-48-17-46(39(25-58)15-43(48)51)62-27-35-13-33(19-53-3)21-55-23-35/h4-9,12-23,44,52,56-58H,10-11,24-29H2,1-3H3,(H,59,60)/t44-/m1/s1. The van der Waals surface area contributed by atoms with Gasteiger partial charge in [0.25, 0.3) is 0 Å². The molecule has 2 heterocycles. The summed E-state index contributed by atoms with van der Waals surface area (Å²) in [5.74, 6) is 0.549. The van der Waals surface area contributed by atoms with E-state index in [1.165, 1.54) is 6.21 Å². The summed E-state index contributed by atoms with van der Waals surface area (Å²) in [6, 6.07) is 21.5. The molecule has 0 amide bonds. The first kappa shape index (κ1) is 47.1. The van der Waals surface area contributed by atoms with Gasteiger partial charge in [-0.1, -0.05) is 59.6 Å². The number of carbonyl (C=O) groups is 1. The van der Waals surface area contributed by atoms with Gasteiger partial charge in [0, 0.05) is 103 Å². The molecule has 0 fully saturated rings. The van der Waals surface area contributed by atoms with E-state index in [0.29, 0.717) is 49.7 Å². The van der Waals surface area contributed by atoms with E-state index in [-0.39, 0.29) is 52.6 Å². The highest BCUT2D eigenvalue weighted by Gasteiger charge is 2.20. The van der Waals surface area contributed by atoms with Crippen molar-refractivity contribution in [1.82, 2.24) is 15.3 Å². The van der Waals surface area contributed by atoms with Crippen molar-refractivity contribution in [3.8, 4) is 34.1 Å². The van der Waals surface area contributed by atoms with E-state index in [0.717, 1.165) is 50.1 Å². The number of benzene rings is 4. The summed E-state index contributed by atoms with van der Waals surface area (Å²) in [7, 11) is 1.70. The van der Waals surface area contributed by atoms with Crippen LogP contribution >= 0.6 is 23.2 Å². The average Bonchev–Trinajstić information content (AvgIpc) is 3.29. The van der Waals surface area contributed by atoms with Crippen molar-refractivity contribution >= 4 is 41.6 Å². The third-order valence-corrected chi connectivity index (χ3v) is 11.1. The molecule has 0 radical (unpaired) electrons. The molecule has 0 aliphatic rings. The third kappa shape index (κ3) is 12.2. The van der Waals surface area contributed by atoms with Crippen LogP contribution in [0.2, 0.25) is 10.0 Å². The summed E-state index contributed by atoms with van der Waals surface area (Å²) < 4.78 is 25.0. The number of ether oxygens (including phenoxy) is 4. The predicted molar refractivity (Wildman–Crippen MR) is 247 cm³/mol. The number of nitrogens with one attached hydrogen (secondary N) is 2. The van der Waals surface area contributed by atoms with Gasteiger partial charge in [0.2, 0.25) is 0 Å². The Kier molecular flexibility index (Phi) is 16.8. The topological polar surface area (TPSA) is 189 Å². The number of aliphatic hydroxyl groups is 2. The van der Waals surface area contributed by atoms with Gasteiger partial charge in [0.15, 0.2) is 0 Å². The number of pyridine rings is 2. The second kappa shape index (κ2) is 22.8. The smallest absolute Gasteiger partial charge is 0.320 e. The zero-order chi connectivity index (χ0) is 45.6. The van der Waals surface area contributed by atoms with Gasteiger partial charge in [-0.2, -0.15) is 0 Å². The number of carboxylic acid groups (broad SMARTS) is 1. The van der Waals surface area contributed by atoms with Crippen molar-refractivity contribution in [1.29, 1.82) is 5.41 Å². The first-order chi connectivity index (χ1) is 31.0. The van der Waals surface area contributed by atoms with Gasteiger partial charge in [0.05, 0.1) is 16.7 Å².